The molecule has 4 nitrogen and oxygen atoms in total. The molecule has 0 aliphatic carbocycles. The number of hydrogen-bond donors (Lipinski definition) is 0. The van der Waals surface area contributed by atoms with Crippen LogP contribution in [0.2, 0.25) is 0 Å². The Morgan fingerprint density at radius 2 is 2.13 bits per heavy atom. The zero-order valence-corrected chi connectivity index (χ0v) is 9.60. The molecule has 1 aromatic rings. The highest BCUT2D eigenvalue weighted by Gasteiger charge is 2.25. The van der Waals surface area contributed by atoms with Crippen LogP contribution in [0.4, 0.5) is 0 Å². The number of hydrogen-bond acceptors (Lipinski definition) is 3. The number of nitrogens with zero attached hydrogens (tertiary/aromatic N) is 1. The van der Waals surface area contributed by atoms with Gasteiger partial charge in [0.05, 0.1) is 17.2 Å². The van der Waals surface area contributed by atoms with Crippen LogP contribution in [0.5, 0.6) is 0 Å². The summed E-state index contributed by atoms with van der Waals surface area (Å²) in [5.74, 6) is 0.239. The molecule has 0 bridgehead atoms. The first-order valence-electron chi connectivity index (χ1n) is 4.79. The summed E-state index contributed by atoms with van der Waals surface area (Å²) in [4.78, 5) is 11.3. The van der Waals surface area contributed by atoms with Gasteiger partial charge in [0.1, 0.15) is 0 Å². The van der Waals surface area contributed by atoms with E-state index in [4.69, 9.17) is 0 Å². The Hall–Kier alpha value is -1.10. The SMILES string of the molecule is CC(=O)c1cc2c(n1C)CCS(=O)(=O)C2. The monoisotopic (exact) mass is 227 g/mol. The summed E-state index contributed by atoms with van der Waals surface area (Å²) < 4.78 is 24.6. The molecule has 2 heterocycles. The first-order chi connectivity index (χ1) is 6.91. The van der Waals surface area contributed by atoms with Gasteiger partial charge in [0.15, 0.2) is 15.6 Å². The topological polar surface area (TPSA) is 56.1 Å². The molecule has 0 saturated carbocycles. The minimum atomic E-state index is -2.95. The normalized spacial score (nSPS) is 18.5. The lowest BCUT2D eigenvalue weighted by Crippen LogP contribution is -2.19. The number of sulfone groups is 1. The van der Waals surface area contributed by atoms with Crippen molar-refractivity contribution in [2.45, 2.75) is 19.1 Å². The van der Waals surface area contributed by atoms with E-state index in [1.165, 1.54) is 6.92 Å². The van der Waals surface area contributed by atoms with Crippen LogP contribution in [-0.4, -0.2) is 24.5 Å². The lowest BCUT2D eigenvalue weighted by Gasteiger charge is -2.14. The van der Waals surface area contributed by atoms with Crippen molar-refractivity contribution >= 4 is 15.6 Å². The second-order valence-electron chi connectivity index (χ2n) is 3.96. The number of aromatic nitrogens is 1. The van der Waals surface area contributed by atoms with Crippen molar-refractivity contribution in [2.75, 3.05) is 5.75 Å². The van der Waals surface area contributed by atoms with Gasteiger partial charge < -0.3 is 4.57 Å². The predicted molar refractivity (Wildman–Crippen MR) is 56.6 cm³/mol. The van der Waals surface area contributed by atoms with Crippen molar-refractivity contribution in [3.63, 3.8) is 0 Å². The highest BCUT2D eigenvalue weighted by Crippen LogP contribution is 2.23. The quantitative estimate of drug-likeness (QED) is 0.663. The Balaban J connectivity index is 2.55. The minimum Gasteiger partial charge on any atom is -0.345 e. The van der Waals surface area contributed by atoms with Gasteiger partial charge in [-0.25, -0.2) is 8.42 Å². The number of carbonyl (C=O) groups excluding carboxylic acids is 1. The molecule has 2 rings (SSSR count). The van der Waals surface area contributed by atoms with Crippen LogP contribution in [0.15, 0.2) is 6.07 Å². The van der Waals surface area contributed by atoms with Gasteiger partial charge in [-0.15, -0.1) is 0 Å². The summed E-state index contributed by atoms with van der Waals surface area (Å²) in [6, 6.07) is 1.70. The summed E-state index contributed by atoms with van der Waals surface area (Å²) >= 11 is 0. The Labute approximate surface area is 88.8 Å². The predicted octanol–water partition coefficient (Wildman–Crippen LogP) is 0.699. The van der Waals surface area contributed by atoms with Crippen molar-refractivity contribution in [1.82, 2.24) is 4.57 Å². The lowest BCUT2D eigenvalue weighted by molar-refractivity contribution is 0.101. The second-order valence-corrected chi connectivity index (χ2v) is 6.14. The molecule has 1 aliphatic heterocycles. The smallest absolute Gasteiger partial charge is 0.176 e. The molecular formula is C10H13NO3S. The van der Waals surface area contributed by atoms with Crippen molar-refractivity contribution in [1.29, 1.82) is 0 Å². The number of rotatable bonds is 1. The molecule has 0 fully saturated rings. The molecule has 82 valence electrons. The van der Waals surface area contributed by atoms with Crippen molar-refractivity contribution in [3.8, 4) is 0 Å². The van der Waals surface area contributed by atoms with E-state index in [0.29, 0.717) is 12.1 Å². The van der Waals surface area contributed by atoms with Gasteiger partial charge in [-0.1, -0.05) is 0 Å². The highest BCUT2D eigenvalue weighted by atomic mass is 32.2. The van der Waals surface area contributed by atoms with Crippen LogP contribution in [0.3, 0.4) is 0 Å². The van der Waals surface area contributed by atoms with E-state index in [9.17, 15) is 13.2 Å². The van der Waals surface area contributed by atoms with E-state index in [0.717, 1.165) is 11.3 Å². The Morgan fingerprint density at radius 1 is 1.47 bits per heavy atom. The lowest BCUT2D eigenvalue weighted by atomic mass is 10.2. The van der Waals surface area contributed by atoms with Crippen molar-refractivity contribution < 1.29 is 13.2 Å². The summed E-state index contributed by atoms with van der Waals surface area (Å²) in [7, 11) is -1.14. The fourth-order valence-electron chi connectivity index (χ4n) is 2.06. The molecular weight excluding hydrogens is 214 g/mol. The maximum Gasteiger partial charge on any atom is 0.176 e. The molecule has 0 unspecified atom stereocenters. The Kier molecular flexibility index (Phi) is 2.22. The second kappa shape index (κ2) is 3.20. The number of ketones is 1. The average Bonchev–Trinajstić information content (AvgIpc) is 2.41. The number of fused-ring (bicyclic) bond motifs is 1. The van der Waals surface area contributed by atoms with E-state index >= 15 is 0 Å². The molecule has 0 aromatic carbocycles. The van der Waals surface area contributed by atoms with Crippen molar-refractivity contribution in [3.05, 3.63) is 23.0 Å². The van der Waals surface area contributed by atoms with Gasteiger partial charge >= 0.3 is 0 Å². The summed E-state index contributed by atoms with van der Waals surface area (Å²) in [6.07, 6.45) is 0.515. The zero-order chi connectivity index (χ0) is 11.2. The molecule has 0 N–H and O–H groups in total. The van der Waals surface area contributed by atoms with Gasteiger partial charge in [0.2, 0.25) is 0 Å². The van der Waals surface area contributed by atoms with Gasteiger partial charge in [0.25, 0.3) is 0 Å². The fraction of sp³-hybridized carbons (Fsp3) is 0.500. The maximum absolute atomic E-state index is 11.4. The van der Waals surface area contributed by atoms with E-state index < -0.39 is 9.84 Å². The van der Waals surface area contributed by atoms with Gasteiger partial charge in [-0.05, 0) is 11.6 Å². The van der Waals surface area contributed by atoms with E-state index in [1.807, 2.05) is 11.6 Å². The van der Waals surface area contributed by atoms with Crippen LogP contribution in [-0.2, 0) is 29.1 Å². The van der Waals surface area contributed by atoms with E-state index in [-0.39, 0.29) is 17.3 Å². The third-order valence-electron chi connectivity index (χ3n) is 2.83. The first-order valence-corrected chi connectivity index (χ1v) is 6.62. The molecule has 0 spiro atoms. The Bertz CT molecular complexity index is 525. The van der Waals surface area contributed by atoms with Gasteiger partial charge in [-0.3, -0.25) is 4.79 Å². The van der Waals surface area contributed by atoms with Crippen LogP contribution in [0.1, 0.15) is 28.7 Å². The highest BCUT2D eigenvalue weighted by molar-refractivity contribution is 7.90. The molecule has 5 heteroatoms. The third-order valence-corrected chi connectivity index (χ3v) is 4.41. The fourth-order valence-corrected chi connectivity index (χ4v) is 3.43. The van der Waals surface area contributed by atoms with Crippen LogP contribution >= 0.6 is 0 Å². The average molecular weight is 227 g/mol. The third kappa shape index (κ3) is 1.71. The molecule has 0 saturated heterocycles. The van der Waals surface area contributed by atoms with Crippen LogP contribution in [0, 0.1) is 0 Å². The summed E-state index contributed by atoms with van der Waals surface area (Å²) in [5.41, 5.74) is 2.36. The largest absolute Gasteiger partial charge is 0.345 e. The summed E-state index contributed by atoms with van der Waals surface area (Å²) in [6.45, 7) is 1.50. The van der Waals surface area contributed by atoms with Gasteiger partial charge in [0, 0.05) is 26.1 Å². The van der Waals surface area contributed by atoms with Crippen LogP contribution < -0.4 is 0 Å². The molecule has 1 aromatic heterocycles. The summed E-state index contributed by atoms with van der Waals surface area (Å²) in [5, 5.41) is 0. The molecule has 1 aliphatic rings. The maximum atomic E-state index is 11.4. The van der Waals surface area contributed by atoms with Gasteiger partial charge in [-0.2, -0.15) is 0 Å². The Morgan fingerprint density at radius 3 is 2.73 bits per heavy atom. The number of Topliss-reactive ketones (excluding diaryl/α,β-unsaturated/α-hetero) is 1. The standard InChI is InChI=1S/C10H13NO3S/c1-7(12)10-5-8-6-15(13,14)4-3-9(8)11(10)2/h5H,3-4,6H2,1-2H3. The molecule has 15 heavy (non-hydrogen) atoms. The zero-order valence-electron chi connectivity index (χ0n) is 8.78. The molecule has 0 atom stereocenters. The van der Waals surface area contributed by atoms with Crippen molar-refractivity contribution in [2.24, 2.45) is 7.05 Å². The van der Waals surface area contributed by atoms with Crippen LogP contribution in [0.25, 0.3) is 0 Å². The molecule has 0 radical (unpaired) electrons. The number of carbonyl (C=O) groups is 1. The molecule has 0 amide bonds. The van der Waals surface area contributed by atoms with E-state index in [1.54, 1.807) is 6.07 Å². The first kappa shape index (κ1) is 10.4. The van der Waals surface area contributed by atoms with E-state index in [2.05, 4.69) is 0 Å². The minimum absolute atomic E-state index is 0.0238.